The van der Waals surface area contributed by atoms with E-state index >= 15 is 0 Å². The molecule has 0 bridgehead atoms. The summed E-state index contributed by atoms with van der Waals surface area (Å²) in [7, 11) is 1.85. The number of hydrogen-bond acceptors (Lipinski definition) is 3. The highest BCUT2D eigenvalue weighted by Crippen LogP contribution is 2.29. The Hall–Kier alpha value is -2.84. The van der Waals surface area contributed by atoms with Crippen LogP contribution in [0.25, 0.3) is 0 Å². The second kappa shape index (κ2) is 10.1. The molecule has 0 unspecified atom stereocenters. The number of halogens is 3. The van der Waals surface area contributed by atoms with Crippen molar-refractivity contribution in [2.24, 2.45) is 4.99 Å². The van der Waals surface area contributed by atoms with Crippen LogP contribution in [0.15, 0.2) is 47.7 Å². The van der Waals surface area contributed by atoms with Crippen LogP contribution >= 0.6 is 0 Å². The van der Waals surface area contributed by atoms with Gasteiger partial charge in [0.2, 0.25) is 0 Å². The lowest BCUT2D eigenvalue weighted by molar-refractivity contribution is -0.137. The molecule has 9 heteroatoms. The summed E-state index contributed by atoms with van der Waals surface area (Å²) in [4.78, 5) is 6.42. The van der Waals surface area contributed by atoms with E-state index in [-0.39, 0.29) is 0 Å². The smallest absolute Gasteiger partial charge is 0.354 e. The third-order valence-electron chi connectivity index (χ3n) is 4.21. The molecular weight excluding hydrogens is 381 g/mol. The molecule has 158 valence electrons. The second-order valence-electron chi connectivity index (χ2n) is 6.87. The molecule has 0 amide bonds. The monoisotopic (exact) mass is 408 g/mol. The van der Waals surface area contributed by atoms with Crippen LogP contribution in [0.4, 0.5) is 13.2 Å². The van der Waals surface area contributed by atoms with Crippen LogP contribution in [-0.4, -0.2) is 45.8 Å². The van der Waals surface area contributed by atoms with Gasteiger partial charge in [-0.2, -0.15) is 13.2 Å². The zero-order valence-electron chi connectivity index (χ0n) is 17.0. The first-order valence-corrected chi connectivity index (χ1v) is 9.37. The van der Waals surface area contributed by atoms with E-state index < -0.39 is 11.7 Å². The Balaban J connectivity index is 2.02. The van der Waals surface area contributed by atoms with E-state index in [9.17, 15) is 13.2 Å². The Bertz CT molecular complexity index is 823. The summed E-state index contributed by atoms with van der Waals surface area (Å²) in [6.45, 7) is 9.95. The van der Waals surface area contributed by atoms with Gasteiger partial charge >= 0.3 is 6.18 Å². The van der Waals surface area contributed by atoms with Crippen molar-refractivity contribution >= 4 is 5.96 Å². The number of benzene rings is 1. The number of aromatic nitrogens is 3. The highest BCUT2D eigenvalue weighted by atomic mass is 19.4. The normalized spacial score (nSPS) is 12.1. The quantitative estimate of drug-likeness (QED) is 0.413. The number of rotatable bonds is 8. The molecule has 1 aromatic carbocycles. The SMILES string of the molecule is C=C(C)CN=C(NCCn1cnnc1CC)N(C)Cc1ccc(C(F)(F)F)cc1. The van der Waals surface area contributed by atoms with Gasteiger partial charge in [0, 0.05) is 33.1 Å². The molecule has 0 atom stereocenters. The predicted molar refractivity (Wildman–Crippen MR) is 107 cm³/mol. The molecule has 1 aromatic heterocycles. The van der Waals surface area contributed by atoms with Crippen molar-refractivity contribution in [2.75, 3.05) is 20.1 Å². The second-order valence-corrected chi connectivity index (χ2v) is 6.87. The maximum atomic E-state index is 12.7. The fourth-order valence-electron chi connectivity index (χ4n) is 2.70. The number of hydrogen-bond donors (Lipinski definition) is 1. The summed E-state index contributed by atoms with van der Waals surface area (Å²) in [6.07, 6.45) is -1.85. The Morgan fingerprint density at radius 1 is 1.28 bits per heavy atom. The molecule has 1 N–H and O–H groups in total. The molecule has 0 fully saturated rings. The molecule has 1 heterocycles. The zero-order valence-corrected chi connectivity index (χ0v) is 17.0. The first kappa shape index (κ1) is 22.4. The molecule has 6 nitrogen and oxygen atoms in total. The summed E-state index contributed by atoms with van der Waals surface area (Å²) in [5.74, 6) is 1.56. The number of nitrogens with one attached hydrogen (secondary N) is 1. The van der Waals surface area contributed by atoms with Crippen molar-refractivity contribution in [2.45, 2.75) is 39.5 Å². The Morgan fingerprint density at radius 2 is 1.97 bits per heavy atom. The third-order valence-corrected chi connectivity index (χ3v) is 4.21. The number of nitrogens with zero attached hydrogens (tertiary/aromatic N) is 5. The van der Waals surface area contributed by atoms with Gasteiger partial charge in [-0.05, 0) is 24.6 Å². The predicted octanol–water partition coefficient (Wildman–Crippen LogP) is 3.51. The highest BCUT2D eigenvalue weighted by Gasteiger charge is 2.29. The largest absolute Gasteiger partial charge is 0.416 e. The fourth-order valence-corrected chi connectivity index (χ4v) is 2.70. The average molecular weight is 408 g/mol. The van der Waals surface area contributed by atoms with E-state index in [2.05, 4.69) is 27.1 Å². The minimum atomic E-state index is -4.33. The van der Waals surface area contributed by atoms with Crippen molar-refractivity contribution in [3.63, 3.8) is 0 Å². The average Bonchev–Trinajstić information content (AvgIpc) is 3.11. The highest BCUT2D eigenvalue weighted by molar-refractivity contribution is 5.79. The van der Waals surface area contributed by atoms with Crippen molar-refractivity contribution in [3.05, 3.63) is 59.7 Å². The van der Waals surface area contributed by atoms with Crippen LogP contribution in [0.5, 0.6) is 0 Å². The van der Waals surface area contributed by atoms with Crippen molar-refractivity contribution in [3.8, 4) is 0 Å². The lowest BCUT2D eigenvalue weighted by Crippen LogP contribution is -2.40. The first-order chi connectivity index (χ1) is 13.7. The zero-order chi connectivity index (χ0) is 21.4. The fraction of sp³-hybridized carbons (Fsp3) is 0.450. The minimum Gasteiger partial charge on any atom is -0.354 e. The van der Waals surface area contributed by atoms with Crippen LogP contribution in [0.1, 0.15) is 30.8 Å². The maximum Gasteiger partial charge on any atom is 0.416 e. The van der Waals surface area contributed by atoms with Crippen LogP contribution in [0, 0.1) is 0 Å². The molecule has 0 saturated carbocycles. The summed E-state index contributed by atoms with van der Waals surface area (Å²) < 4.78 is 40.2. The Kier molecular flexibility index (Phi) is 7.81. The Labute approximate surface area is 169 Å². The van der Waals surface area contributed by atoms with Crippen LogP contribution in [-0.2, 0) is 25.7 Å². The number of aliphatic imine (C=N–C) groups is 1. The van der Waals surface area contributed by atoms with E-state index in [1.54, 1.807) is 6.33 Å². The van der Waals surface area contributed by atoms with E-state index in [0.29, 0.717) is 32.1 Å². The van der Waals surface area contributed by atoms with Gasteiger partial charge in [-0.25, -0.2) is 4.99 Å². The van der Waals surface area contributed by atoms with Crippen molar-refractivity contribution in [1.29, 1.82) is 0 Å². The molecule has 0 radical (unpaired) electrons. The van der Waals surface area contributed by atoms with Gasteiger partial charge in [0.15, 0.2) is 5.96 Å². The molecule has 0 aliphatic rings. The molecule has 2 aromatic rings. The number of guanidine groups is 1. The lowest BCUT2D eigenvalue weighted by atomic mass is 10.1. The van der Waals surface area contributed by atoms with Crippen molar-refractivity contribution in [1.82, 2.24) is 25.0 Å². The number of aryl methyl sites for hydroxylation is 1. The molecule has 0 saturated heterocycles. The number of alkyl halides is 3. The third kappa shape index (κ3) is 6.92. The Morgan fingerprint density at radius 3 is 2.55 bits per heavy atom. The van der Waals surface area contributed by atoms with Gasteiger partial charge < -0.3 is 14.8 Å². The molecular formula is C20H27F3N6. The van der Waals surface area contributed by atoms with Crippen molar-refractivity contribution < 1.29 is 13.2 Å². The van der Waals surface area contributed by atoms with E-state index in [0.717, 1.165) is 35.5 Å². The summed E-state index contributed by atoms with van der Waals surface area (Å²) in [5.41, 5.74) is 1.02. The molecule has 29 heavy (non-hydrogen) atoms. The molecule has 2 rings (SSSR count). The van der Waals surface area contributed by atoms with Gasteiger partial charge in [0.05, 0.1) is 12.1 Å². The maximum absolute atomic E-state index is 12.7. The van der Waals surface area contributed by atoms with Gasteiger partial charge in [-0.1, -0.05) is 31.2 Å². The van der Waals surface area contributed by atoms with Gasteiger partial charge in [-0.3, -0.25) is 0 Å². The van der Waals surface area contributed by atoms with E-state index in [1.165, 1.54) is 12.1 Å². The van der Waals surface area contributed by atoms with Gasteiger partial charge in [-0.15, -0.1) is 10.2 Å². The van der Waals surface area contributed by atoms with E-state index in [4.69, 9.17) is 0 Å². The summed E-state index contributed by atoms with van der Waals surface area (Å²) >= 11 is 0. The first-order valence-electron chi connectivity index (χ1n) is 9.37. The molecule has 0 aliphatic carbocycles. The van der Waals surface area contributed by atoms with Crippen LogP contribution < -0.4 is 5.32 Å². The topological polar surface area (TPSA) is 58.3 Å². The van der Waals surface area contributed by atoms with Crippen LogP contribution in [0.2, 0.25) is 0 Å². The summed E-state index contributed by atoms with van der Waals surface area (Å²) in [5, 5.41) is 11.3. The van der Waals surface area contributed by atoms with Gasteiger partial charge in [0.1, 0.15) is 12.2 Å². The molecule has 0 aliphatic heterocycles. The minimum absolute atomic E-state index is 0.424. The molecule has 0 spiro atoms. The summed E-state index contributed by atoms with van der Waals surface area (Å²) in [6, 6.07) is 5.17. The van der Waals surface area contributed by atoms with E-state index in [1.807, 2.05) is 30.4 Å². The lowest BCUT2D eigenvalue weighted by Gasteiger charge is -2.23. The van der Waals surface area contributed by atoms with Gasteiger partial charge in [0.25, 0.3) is 0 Å². The van der Waals surface area contributed by atoms with Crippen LogP contribution in [0.3, 0.4) is 0 Å². The standard InChI is InChI=1S/C20H27F3N6/c1-5-18-27-26-14-29(18)11-10-24-19(25-12-15(2)3)28(4)13-16-6-8-17(9-7-16)20(21,22)23/h6-9,14H,2,5,10-13H2,1,3-4H3,(H,24,25).